The summed E-state index contributed by atoms with van der Waals surface area (Å²) in [5.41, 5.74) is 0. The van der Waals surface area contributed by atoms with Crippen LogP contribution in [0.15, 0.2) is 0 Å². The quantitative estimate of drug-likeness (QED) is 0.729. The molecule has 0 aromatic rings. The number of ether oxygens (including phenoxy) is 1. The Labute approximate surface area is 125 Å². The molecule has 2 aliphatic rings. The van der Waals surface area contributed by atoms with Crippen LogP contribution in [-0.4, -0.2) is 56.1 Å². The van der Waals surface area contributed by atoms with Gasteiger partial charge in [0, 0.05) is 13.1 Å². The van der Waals surface area contributed by atoms with Crippen LogP contribution in [0.5, 0.6) is 0 Å². The number of nitrogens with one attached hydrogen (secondary N) is 1. The molecule has 0 aromatic carbocycles. The van der Waals surface area contributed by atoms with E-state index < -0.39 is 33.2 Å². The topological polar surface area (TPSA) is 92.8 Å². The lowest BCUT2D eigenvalue weighted by Gasteiger charge is -2.36. The van der Waals surface area contributed by atoms with Crippen LogP contribution in [0.3, 0.4) is 0 Å². The maximum absolute atomic E-state index is 12.9. The van der Waals surface area contributed by atoms with Crippen molar-refractivity contribution in [3.8, 4) is 0 Å². The third-order valence-corrected chi connectivity index (χ3v) is 6.75. The lowest BCUT2D eigenvalue weighted by molar-refractivity contribution is -0.145. The molecular formula is C13H22N2O5S. The standard InChI is InChI=1S/C13H22N2O5S/c1-3-10-12(16)14-7-8-15(10)21(18,19)11-6-4-5-9(11)13(17)20-2/h9-11H,3-8H2,1-2H3,(H,14,16). The van der Waals surface area contributed by atoms with E-state index in [2.05, 4.69) is 5.32 Å². The fourth-order valence-electron chi connectivity index (χ4n) is 3.26. The Hall–Kier alpha value is -1.15. The van der Waals surface area contributed by atoms with Gasteiger partial charge in [0.05, 0.1) is 18.3 Å². The van der Waals surface area contributed by atoms with Crippen LogP contribution in [0.25, 0.3) is 0 Å². The molecule has 1 N–H and O–H groups in total. The van der Waals surface area contributed by atoms with Gasteiger partial charge in [0.2, 0.25) is 15.9 Å². The smallest absolute Gasteiger partial charge is 0.310 e. The lowest BCUT2D eigenvalue weighted by Crippen LogP contribution is -2.59. The Balaban J connectivity index is 2.27. The van der Waals surface area contributed by atoms with Crippen molar-refractivity contribution in [1.82, 2.24) is 9.62 Å². The molecule has 2 rings (SSSR count). The van der Waals surface area contributed by atoms with E-state index in [1.807, 2.05) is 0 Å². The van der Waals surface area contributed by atoms with Gasteiger partial charge in [-0.3, -0.25) is 9.59 Å². The number of carbonyl (C=O) groups is 2. The van der Waals surface area contributed by atoms with Crippen molar-refractivity contribution < 1.29 is 22.7 Å². The number of nitrogens with zero attached hydrogens (tertiary/aromatic N) is 1. The minimum atomic E-state index is -3.69. The van der Waals surface area contributed by atoms with Gasteiger partial charge in [0.15, 0.2) is 0 Å². The molecule has 1 aliphatic carbocycles. The highest BCUT2D eigenvalue weighted by Gasteiger charge is 2.48. The number of sulfonamides is 1. The maximum atomic E-state index is 12.9. The van der Waals surface area contributed by atoms with Crippen LogP contribution in [0, 0.1) is 5.92 Å². The summed E-state index contributed by atoms with van der Waals surface area (Å²) in [7, 11) is -2.42. The number of esters is 1. The van der Waals surface area contributed by atoms with E-state index in [-0.39, 0.29) is 12.5 Å². The minimum absolute atomic E-state index is 0.261. The van der Waals surface area contributed by atoms with Crippen molar-refractivity contribution in [3.05, 3.63) is 0 Å². The Morgan fingerprint density at radius 3 is 2.76 bits per heavy atom. The summed E-state index contributed by atoms with van der Waals surface area (Å²) in [6.45, 7) is 2.35. The Morgan fingerprint density at radius 1 is 1.43 bits per heavy atom. The van der Waals surface area contributed by atoms with Gasteiger partial charge in [-0.2, -0.15) is 4.31 Å². The number of methoxy groups -OCH3 is 1. The maximum Gasteiger partial charge on any atom is 0.310 e. The molecule has 1 saturated heterocycles. The van der Waals surface area contributed by atoms with Gasteiger partial charge < -0.3 is 10.1 Å². The van der Waals surface area contributed by atoms with Gasteiger partial charge in [-0.05, 0) is 19.3 Å². The molecule has 0 aromatic heterocycles. The van der Waals surface area contributed by atoms with Crippen molar-refractivity contribution in [2.75, 3.05) is 20.2 Å². The van der Waals surface area contributed by atoms with E-state index in [1.165, 1.54) is 11.4 Å². The lowest BCUT2D eigenvalue weighted by atomic mass is 10.1. The SMILES string of the molecule is CCC1C(=O)NCCN1S(=O)(=O)C1CCCC1C(=O)OC. The second kappa shape index (κ2) is 6.31. The third-order valence-electron chi connectivity index (χ3n) is 4.33. The zero-order chi connectivity index (χ0) is 15.6. The molecule has 1 saturated carbocycles. The van der Waals surface area contributed by atoms with Crippen LogP contribution < -0.4 is 5.32 Å². The zero-order valence-corrected chi connectivity index (χ0v) is 13.2. The van der Waals surface area contributed by atoms with Crippen LogP contribution in [0.1, 0.15) is 32.6 Å². The van der Waals surface area contributed by atoms with Crippen molar-refractivity contribution in [1.29, 1.82) is 0 Å². The van der Waals surface area contributed by atoms with E-state index in [0.29, 0.717) is 32.2 Å². The van der Waals surface area contributed by atoms with Crippen molar-refractivity contribution in [3.63, 3.8) is 0 Å². The predicted molar refractivity (Wildman–Crippen MR) is 75.9 cm³/mol. The zero-order valence-electron chi connectivity index (χ0n) is 12.4. The molecule has 21 heavy (non-hydrogen) atoms. The summed E-state index contributed by atoms with van der Waals surface area (Å²) in [6.07, 6.45) is 2.06. The first-order chi connectivity index (χ1) is 9.93. The highest BCUT2D eigenvalue weighted by atomic mass is 32.2. The number of hydrogen-bond acceptors (Lipinski definition) is 5. The highest BCUT2D eigenvalue weighted by molar-refractivity contribution is 7.89. The Bertz CT molecular complexity index is 519. The minimum Gasteiger partial charge on any atom is -0.469 e. The highest BCUT2D eigenvalue weighted by Crippen LogP contribution is 2.35. The molecule has 8 heteroatoms. The molecule has 120 valence electrons. The summed E-state index contributed by atoms with van der Waals surface area (Å²) in [5, 5.41) is 1.91. The molecule has 7 nitrogen and oxygen atoms in total. The van der Waals surface area contributed by atoms with E-state index >= 15 is 0 Å². The van der Waals surface area contributed by atoms with Gasteiger partial charge in [0.1, 0.15) is 6.04 Å². The number of rotatable bonds is 4. The fraction of sp³-hybridized carbons (Fsp3) is 0.846. The summed E-state index contributed by atoms with van der Waals surface area (Å²) in [6, 6.07) is -0.678. The Morgan fingerprint density at radius 2 is 2.14 bits per heavy atom. The average Bonchev–Trinajstić information content (AvgIpc) is 2.96. The first-order valence-corrected chi connectivity index (χ1v) is 8.80. The van der Waals surface area contributed by atoms with Crippen LogP contribution in [0.4, 0.5) is 0 Å². The molecule has 1 aliphatic heterocycles. The molecule has 3 atom stereocenters. The molecule has 3 unspecified atom stereocenters. The van der Waals surface area contributed by atoms with Crippen LogP contribution in [-0.2, 0) is 24.3 Å². The summed E-state index contributed by atoms with van der Waals surface area (Å²) in [5.74, 6) is -1.36. The van der Waals surface area contributed by atoms with Crippen molar-refractivity contribution >= 4 is 21.9 Å². The van der Waals surface area contributed by atoms with Crippen LogP contribution >= 0.6 is 0 Å². The monoisotopic (exact) mass is 318 g/mol. The first kappa shape index (κ1) is 16.2. The van der Waals surface area contributed by atoms with E-state index in [4.69, 9.17) is 4.74 Å². The first-order valence-electron chi connectivity index (χ1n) is 7.29. The van der Waals surface area contributed by atoms with Gasteiger partial charge in [-0.25, -0.2) is 8.42 Å². The van der Waals surface area contributed by atoms with E-state index in [1.54, 1.807) is 6.92 Å². The second-order valence-electron chi connectivity index (χ2n) is 5.47. The fourth-order valence-corrected chi connectivity index (χ4v) is 5.68. The second-order valence-corrected chi connectivity index (χ2v) is 7.57. The molecule has 1 heterocycles. The molecule has 0 bridgehead atoms. The van der Waals surface area contributed by atoms with Crippen LogP contribution in [0.2, 0.25) is 0 Å². The normalized spacial score (nSPS) is 31.0. The van der Waals surface area contributed by atoms with Gasteiger partial charge in [-0.1, -0.05) is 13.3 Å². The van der Waals surface area contributed by atoms with E-state index in [9.17, 15) is 18.0 Å². The molecule has 0 radical (unpaired) electrons. The van der Waals surface area contributed by atoms with Gasteiger partial charge in [0.25, 0.3) is 0 Å². The largest absolute Gasteiger partial charge is 0.469 e. The summed E-state index contributed by atoms with van der Waals surface area (Å²) in [4.78, 5) is 23.6. The number of hydrogen-bond donors (Lipinski definition) is 1. The molecular weight excluding hydrogens is 296 g/mol. The Kier molecular flexibility index (Phi) is 4.88. The van der Waals surface area contributed by atoms with Crippen molar-refractivity contribution in [2.45, 2.75) is 43.9 Å². The third kappa shape index (κ3) is 2.91. The molecule has 2 fully saturated rings. The van der Waals surface area contributed by atoms with Gasteiger partial charge >= 0.3 is 5.97 Å². The van der Waals surface area contributed by atoms with Gasteiger partial charge in [-0.15, -0.1) is 0 Å². The van der Waals surface area contributed by atoms with E-state index in [0.717, 1.165) is 0 Å². The predicted octanol–water partition coefficient (Wildman–Crippen LogP) is -0.132. The summed E-state index contributed by atoms with van der Waals surface area (Å²) >= 11 is 0. The molecule has 0 spiro atoms. The number of amides is 1. The summed E-state index contributed by atoms with van der Waals surface area (Å²) < 4.78 is 31.7. The number of piperazine rings is 1. The number of carbonyl (C=O) groups excluding carboxylic acids is 2. The molecule has 1 amide bonds. The average molecular weight is 318 g/mol. The van der Waals surface area contributed by atoms with Crippen molar-refractivity contribution in [2.24, 2.45) is 5.92 Å².